The highest BCUT2D eigenvalue weighted by molar-refractivity contribution is 5.84. The van der Waals surface area contributed by atoms with Gasteiger partial charge in [0, 0.05) is 18.0 Å². The first-order valence-corrected chi connectivity index (χ1v) is 6.61. The van der Waals surface area contributed by atoms with Crippen molar-refractivity contribution in [3.05, 3.63) is 36.5 Å². The number of benzene rings is 1. The molecular formula is C15H16N2O3. The Bertz CT molecular complexity index is 653. The molecule has 2 aromatic rings. The molecule has 1 heterocycles. The fraction of sp³-hybridized carbons (Fsp3) is 0.333. The van der Waals surface area contributed by atoms with E-state index >= 15 is 0 Å². The first-order chi connectivity index (χ1) is 9.58. The number of nitrogens with zero attached hydrogens (tertiary/aromatic N) is 1. The Balaban J connectivity index is 1.83. The molecule has 5 heteroatoms. The highest BCUT2D eigenvalue weighted by Crippen LogP contribution is 2.33. The molecule has 1 aromatic carbocycles. The second kappa shape index (κ2) is 4.76. The number of aliphatic carboxylic acids is 1. The third-order valence-corrected chi connectivity index (χ3v) is 3.82. The topological polar surface area (TPSA) is 85.4 Å². The van der Waals surface area contributed by atoms with Crippen molar-refractivity contribution in [3.63, 3.8) is 0 Å². The summed E-state index contributed by atoms with van der Waals surface area (Å²) in [6.45, 7) is 0. The number of nitrogens with two attached hydrogens (primary N) is 1. The molecule has 0 amide bonds. The minimum absolute atomic E-state index is 0.177. The second-order valence-electron chi connectivity index (χ2n) is 5.28. The van der Waals surface area contributed by atoms with Crippen LogP contribution in [0.2, 0.25) is 0 Å². The third kappa shape index (κ3) is 2.20. The summed E-state index contributed by atoms with van der Waals surface area (Å²) >= 11 is 0. The van der Waals surface area contributed by atoms with Crippen molar-refractivity contribution in [2.24, 2.45) is 5.73 Å². The van der Waals surface area contributed by atoms with Gasteiger partial charge >= 0.3 is 5.97 Å². The summed E-state index contributed by atoms with van der Waals surface area (Å²) in [5, 5.41) is 10.1. The van der Waals surface area contributed by atoms with Crippen molar-refractivity contribution in [2.75, 3.05) is 0 Å². The lowest BCUT2D eigenvalue weighted by atomic mass is 10.00. The SMILES string of the molecule is NC1(C(=O)O)CCC(Oc2cccc3cccnc23)C1. The highest BCUT2D eigenvalue weighted by Gasteiger charge is 2.43. The van der Waals surface area contributed by atoms with Gasteiger partial charge in [-0.15, -0.1) is 0 Å². The molecular weight excluding hydrogens is 256 g/mol. The molecule has 5 nitrogen and oxygen atoms in total. The van der Waals surface area contributed by atoms with Crippen molar-refractivity contribution in [3.8, 4) is 5.75 Å². The number of aromatic nitrogens is 1. The Labute approximate surface area is 116 Å². The molecule has 1 fully saturated rings. The quantitative estimate of drug-likeness (QED) is 0.892. The van der Waals surface area contributed by atoms with Gasteiger partial charge in [0.05, 0.1) is 0 Å². The van der Waals surface area contributed by atoms with Crippen LogP contribution in [0.25, 0.3) is 10.9 Å². The van der Waals surface area contributed by atoms with Gasteiger partial charge in [-0.25, -0.2) is 0 Å². The lowest BCUT2D eigenvalue weighted by Gasteiger charge is -2.19. The van der Waals surface area contributed by atoms with E-state index in [9.17, 15) is 4.79 Å². The number of carboxylic acid groups (broad SMARTS) is 1. The summed E-state index contributed by atoms with van der Waals surface area (Å²) in [7, 11) is 0. The molecule has 0 saturated heterocycles. The van der Waals surface area contributed by atoms with Crippen molar-refractivity contribution < 1.29 is 14.6 Å². The predicted molar refractivity (Wildman–Crippen MR) is 74.6 cm³/mol. The van der Waals surface area contributed by atoms with Crippen LogP contribution >= 0.6 is 0 Å². The second-order valence-corrected chi connectivity index (χ2v) is 5.28. The van der Waals surface area contributed by atoms with Crippen LogP contribution in [0, 0.1) is 0 Å². The Kier molecular flexibility index (Phi) is 3.06. The number of carbonyl (C=O) groups is 1. The van der Waals surface area contributed by atoms with E-state index in [0.717, 1.165) is 10.9 Å². The number of carboxylic acids is 1. The standard InChI is InChI=1S/C15H16N2O3/c16-15(14(18)19)7-6-11(9-15)20-12-5-1-3-10-4-2-8-17-13(10)12/h1-5,8,11H,6-7,9,16H2,(H,18,19). The average Bonchev–Trinajstić information content (AvgIpc) is 2.82. The zero-order valence-electron chi connectivity index (χ0n) is 11.0. The molecule has 0 aliphatic heterocycles. The number of hydrogen-bond acceptors (Lipinski definition) is 4. The van der Waals surface area contributed by atoms with E-state index < -0.39 is 11.5 Å². The van der Waals surface area contributed by atoms with Crippen molar-refractivity contribution >= 4 is 16.9 Å². The normalized spacial score (nSPS) is 25.8. The van der Waals surface area contributed by atoms with Crippen molar-refractivity contribution in [1.29, 1.82) is 0 Å². The van der Waals surface area contributed by atoms with Gasteiger partial charge in [0.1, 0.15) is 22.9 Å². The van der Waals surface area contributed by atoms with Gasteiger partial charge < -0.3 is 15.6 Å². The predicted octanol–water partition coefficient (Wildman–Crippen LogP) is 1.95. The first-order valence-electron chi connectivity index (χ1n) is 6.61. The number of rotatable bonds is 3. The fourth-order valence-corrected chi connectivity index (χ4v) is 2.67. The molecule has 1 saturated carbocycles. The van der Waals surface area contributed by atoms with Gasteiger partial charge in [0.2, 0.25) is 0 Å². The number of ether oxygens (including phenoxy) is 1. The number of fused-ring (bicyclic) bond motifs is 1. The first kappa shape index (κ1) is 12.9. The largest absolute Gasteiger partial charge is 0.488 e. The average molecular weight is 272 g/mol. The Hall–Kier alpha value is -2.14. The third-order valence-electron chi connectivity index (χ3n) is 3.82. The molecule has 0 spiro atoms. The molecule has 1 aliphatic carbocycles. The molecule has 0 bridgehead atoms. The van der Waals surface area contributed by atoms with Gasteiger partial charge in [-0.3, -0.25) is 9.78 Å². The molecule has 0 radical (unpaired) electrons. The molecule has 3 rings (SSSR count). The molecule has 20 heavy (non-hydrogen) atoms. The van der Waals surface area contributed by atoms with E-state index in [1.165, 1.54) is 0 Å². The van der Waals surface area contributed by atoms with Crippen LogP contribution in [0.3, 0.4) is 0 Å². The van der Waals surface area contributed by atoms with Crippen LogP contribution in [-0.2, 0) is 4.79 Å². The lowest BCUT2D eigenvalue weighted by Crippen LogP contribution is -2.46. The van der Waals surface area contributed by atoms with Gasteiger partial charge in [-0.1, -0.05) is 18.2 Å². The molecule has 2 atom stereocenters. The monoisotopic (exact) mass is 272 g/mol. The maximum Gasteiger partial charge on any atom is 0.323 e. The van der Waals surface area contributed by atoms with E-state index in [1.807, 2.05) is 30.3 Å². The Morgan fingerprint density at radius 1 is 1.40 bits per heavy atom. The molecule has 3 N–H and O–H groups in total. The highest BCUT2D eigenvalue weighted by atomic mass is 16.5. The van der Waals surface area contributed by atoms with Crippen molar-refractivity contribution in [1.82, 2.24) is 4.98 Å². The summed E-state index contributed by atoms with van der Waals surface area (Å²) in [5.74, 6) is -0.276. The smallest absolute Gasteiger partial charge is 0.323 e. The summed E-state index contributed by atoms with van der Waals surface area (Å²) < 4.78 is 5.93. The van der Waals surface area contributed by atoms with E-state index in [4.69, 9.17) is 15.6 Å². The van der Waals surface area contributed by atoms with Crippen LogP contribution in [0.15, 0.2) is 36.5 Å². The summed E-state index contributed by atoms with van der Waals surface area (Å²) in [5.41, 5.74) is 5.49. The summed E-state index contributed by atoms with van der Waals surface area (Å²) in [6.07, 6.45) is 2.94. The molecule has 104 valence electrons. The molecule has 1 aromatic heterocycles. The van der Waals surface area contributed by atoms with Crippen molar-refractivity contribution in [2.45, 2.75) is 30.9 Å². The van der Waals surface area contributed by atoms with Gasteiger partial charge in [-0.2, -0.15) is 0 Å². The maximum atomic E-state index is 11.1. The van der Waals surface area contributed by atoms with Gasteiger partial charge in [0.15, 0.2) is 0 Å². The van der Waals surface area contributed by atoms with Crippen LogP contribution in [0.5, 0.6) is 5.75 Å². The summed E-state index contributed by atoms with van der Waals surface area (Å²) in [4.78, 5) is 15.5. The van der Waals surface area contributed by atoms with Gasteiger partial charge in [-0.05, 0) is 25.0 Å². The maximum absolute atomic E-state index is 11.1. The molecule has 2 unspecified atom stereocenters. The van der Waals surface area contributed by atoms with E-state index in [1.54, 1.807) is 6.20 Å². The molecule has 1 aliphatic rings. The van der Waals surface area contributed by atoms with Crippen LogP contribution in [-0.4, -0.2) is 27.7 Å². The zero-order valence-corrected chi connectivity index (χ0v) is 11.0. The zero-order chi connectivity index (χ0) is 14.2. The van der Waals surface area contributed by atoms with E-state index in [0.29, 0.717) is 25.0 Å². The Morgan fingerprint density at radius 3 is 2.95 bits per heavy atom. The van der Waals surface area contributed by atoms with Crippen LogP contribution in [0.4, 0.5) is 0 Å². The number of hydrogen-bond donors (Lipinski definition) is 2. The van der Waals surface area contributed by atoms with Gasteiger partial charge in [0.25, 0.3) is 0 Å². The minimum Gasteiger partial charge on any atom is -0.488 e. The Morgan fingerprint density at radius 2 is 2.20 bits per heavy atom. The number of pyridine rings is 1. The minimum atomic E-state index is -1.16. The van der Waals surface area contributed by atoms with Crippen LogP contribution in [0.1, 0.15) is 19.3 Å². The van der Waals surface area contributed by atoms with E-state index in [2.05, 4.69) is 4.98 Å². The van der Waals surface area contributed by atoms with E-state index in [-0.39, 0.29) is 6.10 Å². The number of para-hydroxylation sites is 1. The lowest BCUT2D eigenvalue weighted by molar-refractivity contribution is -0.143. The summed E-state index contributed by atoms with van der Waals surface area (Å²) in [6, 6.07) is 9.56. The van der Waals surface area contributed by atoms with Crippen LogP contribution < -0.4 is 10.5 Å². The fourth-order valence-electron chi connectivity index (χ4n) is 2.67.